The highest BCUT2D eigenvalue weighted by atomic mass is 18.2. The van der Waals surface area contributed by atoms with Crippen molar-refractivity contribution in [2.75, 3.05) is 33.0 Å². The maximum atomic E-state index is 12.8. The van der Waals surface area contributed by atoms with Crippen LogP contribution in [0.2, 0.25) is 0 Å². The van der Waals surface area contributed by atoms with Crippen molar-refractivity contribution in [1.29, 1.82) is 0 Å². The van der Waals surface area contributed by atoms with Crippen molar-refractivity contribution in [3.63, 3.8) is 0 Å². The fourth-order valence-electron chi connectivity index (χ4n) is 2.07. The second-order valence-corrected chi connectivity index (χ2v) is 5.73. The van der Waals surface area contributed by atoms with E-state index in [0.29, 0.717) is 51.2 Å². The first-order valence-electron chi connectivity index (χ1n) is 8.84. The summed E-state index contributed by atoms with van der Waals surface area (Å²) in [6.07, 6.45) is 3.52. The Kier molecular flexibility index (Phi) is 11.5. The van der Waals surface area contributed by atoms with E-state index < -0.39 is 0 Å². The van der Waals surface area contributed by atoms with E-state index in [1.807, 2.05) is 0 Å². The number of hydrogen-bond donors (Lipinski definition) is 1. The number of hydrogen-bond acceptors (Lipinski definition) is 4. The summed E-state index contributed by atoms with van der Waals surface area (Å²) < 4.78 is 23.5. The first-order valence-corrected chi connectivity index (χ1v) is 8.84. The molecule has 0 radical (unpaired) electrons. The van der Waals surface area contributed by atoms with Crippen LogP contribution in [0.5, 0.6) is 0 Å². The van der Waals surface area contributed by atoms with Crippen molar-refractivity contribution in [2.45, 2.75) is 39.0 Å². The Balaban J connectivity index is 1.98. The van der Waals surface area contributed by atoms with Crippen LogP contribution in [0.4, 0.5) is 4.39 Å². The van der Waals surface area contributed by atoms with E-state index in [2.05, 4.69) is 12.2 Å². The summed E-state index contributed by atoms with van der Waals surface area (Å²) in [5, 5.41) is 2.71. The minimum absolute atomic E-state index is 0.114. The van der Waals surface area contributed by atoms with Crippen molar-refractivity contribution in [3.05, 3.63) is 35.6 Å². The molecule has 0 fully saturated rings. The van der Waals surface area contributed by atoms with Crippen LogP contribution in [-0.4, -0.2) is 44.7 Å². The Labute approximate surface area is 148 Å². The zero-order valence-corrected chi connectivity index (χ0v) is 14.9. The lowest BCUT2D eigenvalue weighted by atomic mass is 10.1. The van der Waals surface area contributed by atoms with E-state index in [0.717, 1.165) is 19.4 Å². The summed E-state index contributed by atoms with van der Waals surface area (Å²) in [4.78, 5) is 23.5. The average molecular weight is 352 g/mol. The number of unbranched alkanes of at least 4 members (excludes halogenated alkanes) is 1. The maximum Gasteiger partial charge on any atom is 0.251 e. The molecule has 1 rings (SSSR count). The van der Waals surface area contributed by atoms with Crippen LogP contribution in [-0.2, 0) is 14.3 Å². The molecule has 0 saturated heterocycles. The normalized spacial score (nSPS) is 10.6. The smallest absolute Gasteiger partial charge is 0.251 e. The molecule has 0 spiro atoms. The lowest BCUT2D eigenvalue weighted by molar-refractivity contribution is -0.120. The van der Waals surface area contributed by atoms with E-state index in [-0.39, 0.29) is 17.5 Å². The molecule has 6 heteroatoms. The standard InChI is InChI=1S/C19H28FNO4/c1-2-3-12-24-14-15-25-13-10-18(22)5-4-11-21-19(23)16-6-8-17(20)9-7-16/h6-9H,2-5,10-15H2,1H3,(H,21,23)/i20-1. The summed E-state index contributed by atoms with van der Waals surface area (Å²) in [5.41, 5.74) is 0.405. The maximum absolute atomic E-state index is 12.8. The second-order valence-electron chi connectivity index (χ2n) is 5.73. The molecule has 25 heavy (non-hydrogen) atoms. The predicted molar refractivity (Wildman–Crippen MR) is 94.1 cm³/mol. The van der Waals surface area contributed by atoms with Gasteiger partial charge in [-0.1, -0.05) is 13.3 Å². The second kappa shape index (κ2) is 13.5. The lowest BCUT2D eigenvalue weighted by Gasteiger charge is -2.06. The molecular formula is C19H28FNO4. The number of benzene rings is 1. The number of ketones is 1. The highest BCUT2D eigenvalue weighted by Crippen LogP contribution is 2.03. The third-order valence-electron chi connectivity index (χ3n) is 3.56. The van der Waals surface area contributed by atoms with Gasteiger partial charge in [0.25, 0.3) is 5.91 Å². The molecule has 0 bridgehead atoms. The Morgan fingerprint density at radius 3 is 2.32 bits per heavy atom. The summed E-state index contributed by atoms with van der Waals surface area (Å²) in [7, 11) is 0. The number of carbonyl (C=O) groups is 2. The summed E-state index contributed by atoms with van der Waals surface area (Å²) >= 11 is 0. The van der Waals surface area contributed by atoms with Crippen LogP contribution in [0, 0.1) is 5.82 Å². The average Bonchev–Trinajstić information content (AvgIpc) is 2.61. The fraction of sp³-hybridized carbons (Fsp3) is 0.579. The summed E-state index contributed by atoms with van der Waals surface area (Å²) in [5.74, 6) is -0.529. The molecule has 0 aliphatic carbocycles. The highest BCUT2D eigenvalue weighted by molar-refractivity contribution is 5.94. The van der Waals surface area contributed by atoms with Crippen LogP contribution in [0.25, 0.3) is 0 Å². The summed E-state index contributed by atoms with van der Waals surface area (Å²) in [6, 6.07) is 5.35. The number of amides is 1. The molecule has 1 N–H and O–H groups in total. The first-order chi connectivity index (χ1) is 12.1. The molecule has 0 unspecified atom stereocenters. The number of halogens is 1. The van der Waals surface area contributed by atoms with Crippen LogP contribution in [0.15, 0.2) is 24.3 Å². The number of ether oxygens (including phenoxy) is 2. The van der Waals surface area contributed by atoms with Crippen molar-refractivity contribution < 1.29 is 23.5 Å². The van der Waals surface area contributed by atoms with Crippen LogP contribution in [0.3, 0.4) is 0 Å². The number of nitrogens with one attached hydrogen (secondary N) is 1. The van der Waals surface area contributed by atoms with E-state index in [1.165, 1.54) is 24.3 Å². The van der Waals surface area contributed by atoms with Crippen LogP contribution in [0.1, 0.15) is 49.4 Å². The molecule has 5 nitrogen and oxygen atoms in total. The van der Waals surface area contributed by atoms with Crippen molar-refractivity contribution >= 4 is 11.7 Å². The molecule has 0 aliphatic heterocycles. The fourth-order valence-corrected chi connectivity index (χ4v) is 2.07. The molecule has 1 aromatic carbocycles. The molecule has 1 aromatic rings. The Hall–Kier alpha value is -1.79. The minimum atomic E-state index is -0.378. The molecule has 0 atom stereocenters. The van der Waals surface area contributed by atoms with Gasteiger partial charge in [-0.3, -0.25) is 9.59 Å². The topological polar surface area (TPSA) is 64.6 Å². The van der Waals surface area contributed by atoms with Crippen LogP contribution < -0.4 is 5.32 Å². The largest absolute Gasteiger partial charge is 0.379 e. The Morgan fingerprint density at radius 2 is 1.64 bits per heavy atom. The van der Waals surface area contributed by atoms with Crippen molar-refractivity contribution in [1.82, 2.24) is 5.32 Å². The van der Waals surface area contributed by atoms with E-state index in [1.54, 1.807) is 0 Å². The predicted octanol–water partition coefficient (Wildman–Crippen LogP) is 3.13. The number of carbonyl (C=O) groups excluding carboxylic acids is 2. The minimum Gasteiger partial charge on any atom is -0.379 e. The molecular weight excluding hydrogens is 324 g/mol. The zero-order valence-electron chi connectivity index (χ0n) is 14.9. The van der Waals surface area contributed by atoms with E-state index in [4.69, 9.17) is 9.47 Å². The van der Waals surface area contributed by atoms with Crippen LogP contribution >= 0.6 is 0 Å². The van der Waals surface area contributed by atoms with Gasteiger partial charge in [-0.25, -0.2) is 4.39 Å². The van der Waals surface area contributed by atoms with Gasteiger partial charge in [0.2, 0.25) is 0 Å². The van der Waals surface area contributed by atoms with E-state index in [9.17, 15) is 14.0 Å². The first kappa shape index (κ1) is 21.3. The van der Waals surface area contributed by atoms with Gasteiger partial charge in [-0.2, -0.15) is 0 Å². The van der Waals surface area contributed by atoms with Gasteiger partial charge in [0, 0.05) is 31.6 Å². The SMILES string of the molecule is CCCCOCCOCCC(=O)CCCNC(=O)c1ccc([18F])cc1. The van der Waals surface area contributed by atoms with Gasteiger partial charge in [0.1, 0.15) is 11.6 Å². The summed E-state index contributed by atoms with van der Waals surface area (Å²) in [6.45, 7) is 4.74. The van der Waals surface area contributed by atoms with Gasteiger partial charge < -0.3 is 14.8 Å². The van der Waals surface area contributed by atoms with E-state index >= 15 is 0 Å². The zero-order chi connectivity index (χ0) is 18.3. The molecule has 1 amide bonds. The van der Waals surface area contributed by atoms with Gasteiger partial charge in [0.05, 0.1) is 19.8 Å². The Morgan fingerprint density at radius 1 is 0.960 bits per heavy atom. The quantitative estimate of drug-likeness (QED) is 0.523. The third-order valence-corrected chi connectivity index (χ3v) is 3.56. The molecule has 140 valence electrons. The van der Waals surface area contributed by atoms with Gasteiger partial charge in [0.15, 0.2) is 0 Å². The number of Topliss-reactive ketones (excluding diaryl/α,β-unsaturated/α-hetero) is 1. The number of rotatable bonds is 14. The molecule has 0 aromatic heterocycles. The van der Waals surface area contributed by atoms with Gasteiger partial charge >= 0.3 is 0 Å². The molecule has 0 saturated carbocycles. The van der Waals surface area contributed by atoms with Crippen molar-refractivity contribution in [2.24, 2.45) is 0 Å². The highest BCUT2D eigenvalue weighted by Gasteiger charge is 2.06. The Bertz CT molecular complexity index is 505. The molecule has 0 aliphatic rings. The molecule has 0 heterocycles. The van der Waals surface area contributed by atoms with Crippen molar-refractivity contribution in [3.8, 4) is 0 Å². The van der Waals surface area contributed by atoms with Gasteiger partial charge in [-0.15, -0.1) is 0 Å². The third kappa shape index (κ3) is 10.6. The van der Waals surface area contributed by atoms with Gasteiger partial charge in [-0.05, 0) is 37.1 Å². The monoisotopic (exact) mass is 352 g/mol. The lowest BCUT2D eigenvalue weighted by Crippen LogP contribution is -2.24.